The number of hydrogen-bond donors (Lipinski definition) is 3. The first kappa shape index (κ1) is 38.1. The average Bonchev–Trinajstić information content (AvgIpc) is 4.09. The van der Waals surface area contributed by atoms with Crippen molar-refractivity contribution in [1.82, 2.24) is 34.6 Å². The fourth-order valence-corrected chi connectivity index (χ4v) is 9.25. The van der Waals surface area contributed by atoms with Crippen molar-refractivity contribution in [3.8, 4) is 33.6 Å². The number of aromatic nitrogens is 4. The molecule has 5 aromatic rings. The van der Waals surface area contributed by atoms with E-state index in [1.54, 1.807) is 0 Å². The molecule has 2 saturated heterocycles. The number of nitrogens with one attached hydrogen (secondary N) is 2. The minimum absolute atomic E-state index is 0.0942. The van der Waals surface area contributed by atoms with Gasteiger partial charge in [0.25, 0.3) is 5.91 Å². The molecule has 1 aliphatic carbocycles. The molecule has 0 unspecified atom stereocenters. The van der Waals surface area contributed by atoms with Crippen LogP contribution in [0.5, 0.6) is 0 Å². The van der Waals surface area contributed by atoms with Gasteiger partial charge in [-0.3, -0.25) is 14.5 Å². The van der Waals surface area contributed by atoms with Gasteiger partial charge in [-0.1, -0.05) is 92.7 Å². The predicted molar refractivity (Wildman–Crippen MR) is 218 cm³/mol. The Hall–Kier alpha value is -5.75. The van der Waals surface area contributed by atoms with Crippen LogP contribution >= 0.6 is 0 Å². The molecule has 4 heterocycles. The van der Waals surface area contributed by atoms with E-state index in [4.69, 9.17) is 20.4 Å². The van der Waals surface area contributed by atoms with Gasteiger partial charge in [-0.15, -0.1) is 0 Å². The van der Waals surface area contributed by atoms with Crippen molar-refractivity contribution in [1.29, 1.82) is 0 Å². The molecular formula is C45H52N8O4. The summed E-state index contributed by atoms with van der Waals surface area (Å²) in [4.78, 5) is 62.3. The normalized spacial score (nSPS) is 19.6. The Morgan fingerprint density at radius 2 is 1.23 bits per heavy atom. The maximum absolute atomic E-state index is 14.2. The Morgan fingerprint density at radius 1 is 0.737 bits per heavy atom. The van der Waals surface area contributed by atoms with Crippen LogP contribution in [0, 0.1) is 0 Å². The van der Waals surface area contributed by atoms with Crippen molar-refractivity contribution in [3.05, 3.63) is 108 Å². The van der Waals surface area contributed by atoms with E-state index in [2.05, 4.69) is 89.4 Å². The Balaban J connectivity index is 0.933. The molecule has 296 valence electrons. The number of amides is 3. The lowest BCUT2D eigenvalue weighted by Crippen LogP contribution is -2.50. The number of aromatic amines is 2. The zero-order valence-corrected chi connectivity index (χ0v) is 32.8. The van der Waals surface area contributed by atoms with E-state index < -0.39 is 11.7 Å². The molecule has 3 aromatic carbocycles. The molecule has 0 bridgehead atoms. The van der Waals surface area contributed by atoms with Crippen molar-refractivity contribution < 1.29 is 19.1 Å². The quantitative estimate of drug-likeness (QED) is 0.116. The number of hydrogen-bond acceptors (Lipinski definition) is 7. The summed E-state index contributed by atoms with van der Waals surface area (Å²) in [5, 5.41) is 0. The molecule has 0 radical (unpaired) electrons. The minimum atomic E-state index is -1.17. The molecule has 3 amide bonds. The van der Waals surface area contributed by atoms with Crippen LogP contribution in [0.3, 0.4) is 0 Å². The highest BCUT2D eigenvalue weighted by atomic mass is 16.6. The van der Waals surface area contributed by atoms with Gasteiger partial charge >= 0.3 is 6.09 Å². The summed E-state index contributed by atoms with van der Waals surface area (Å²) in [7, 11) is 0. The highest BCUT2D eigenvalue weighted by Gasteiger charge is 2.49. The molecule has 57 heavy (non-hydrogen) atoms. The number of H-pyrrole nitrogens is 2. The highest BCUT2D eigenvalue weighted by Crippen LogP contribution is 2.41. The summed E-state index contributed by atoms with van der Waals surface area (Å²) < 4.78 is 5.47. The van der Waals surface area contributed by atoms with Crippen molar-refractivity contribution in [2.24, 2.45) is 5.73 Å². The molecule has 2 aliphatic heterocycles. The van der Waals surface area contributed by atoms with E-state index in [-0.39, 0.29) is 29.9 Å². The van der Waals surface area contributed by atoms with Crippen LogP contribution in [-0.2, 0) is 14.3 Å². The Labute approximate surface area is 333 Å². The number of likely N-dealkylation sites (tertiary alicyclic amines) is 2. The van der Waals surface area contributed by atoms with Gasteiger partial charge in [-0.05, 0) is 92.3 Å². The van der Waals surface area contributed by atoms with Gasteiger partial charge in [0.05, 0.1) is 35.9 Å². The largest absolute Gasteiger partial charge is 0.433 e. The second kappa shape index (κ2) is 16.4. The van der Waals surface area contributed by atoms with E-state index in [0.29, 0.717) is 19.4 Å². The van der Waals surface area contributed by atoms with Crippen molar-refractivity contribution >= 4 is 17.9 Å². The van der Waals surface area contributed by atoms with Crippen LogP contribution in [0.2, 0.25) is 0 Å². The number of likely N-dealkylation sites (N-methyl/N-ethyl adjacent to an activating group) is 1. The summed E-state index contributed by atoms with van der Waals surface area (Å²) in [6.45, 7) is 7.11. The Bertz CT molecular complexity index is 2170. The monoisotopic (exact) mass is 768 g/mol. The second-order valence-electron chi connectivity index (χ2n) is 15.5. The zero-order valence-electron chi connectivity index (χ0n) is 32.8. The summed E-state index contributed by atoms with van der Waals surface area (Å²) in [5.74, 6) is 1.52. The van der Waals surface area contributed by atoms with Crippen LogP contribution in [0.15, 0.2) is 91.3 Å². The third-order valence-electron chi connectivity index (χ3n) is 12.2. The van der Waals surface area contributed by atoms with E-state index in [0.717, 1.165) is 109 Å². The Kier molecular flexibility index (Phi) is 11.0. The van der Waals surface area contributed by atoms with E-state index in [1.807, 2.05) is 40.4 Å². The van der Waals surface area contributed by atoms with E-state index >= 15 is 0 Å². The Morgan fingerprint density at radius 3 is 1.74 bits per heavy atom. The predicted octanol–water partition coefficient (Wildman–Crippen LogP) is 7.95. The summed E-state index contributed by atoms with van der Waals surface area (Å²) in [6, 6.07) is 26.3. The average molecular weight is 769 g/mol. The molecule has 8 rings (SSSR count). The number of nitrogens with two attached hydrogens (primary N) is 1. The molecule has 1 saturated carbocycles. The zero-order chi connectivity index (χ0) is 39.5. The van der Waals surface area contributed by atoms with Gasteiger partial charge in [-0.2, -0.15) is 0 Å². The first-order valence-corrected chi connectivity index (χ1v) is 20.5. The van der Waals surface area contributed by atoms with Gasteiger partial charge in [0.1, 0.15) is 17.7 Å². The lowest BCUT2D eigenvalue weighted by Gasteiger charge is -2.34. The third kappa shape index (κ3) is 7.58. The van der Waals surface area contributed by atoms with Gasteiger partial charge in [0.15, 0.2) is 5.60 Å². The first-order valence-electron chi connectivity index (χ1n) is 20.5. The molecule has 12 heteroatoms. The standard InChI is InChI=1S/C45H52N8O4/c1-3-51(4-2)39(34-12-6-5-7-13-34)42(54)52-26-10-14-37(52)40-47-28-35(49-40)32-20-16-30(17-21-32)31-18-22-33(23-19-31)36-29-48-41(50-36)38-15-11-27-53(38)43(55)45(57-44(46)56)24-8-9-25-45/h5-7,12-13,16-23,28-29,37-39H,3-4,8-11,14-15,24-27H2,1-2H3,(H2,46,56)(H,47,49)(H,48,50)/t37-,38-,39+/m0/s1. The van der Waals surface area contributed by atoms with Gasteiger partial charge < -0.3 is 30.2 Å². The minimum Gasteiger partial charge on any atom is -0.433 e. The molecule has 3 fully saturated rings. The summed E-state index contributed by atoms with van der Waals surface area (Å²) >= 11 is 0. The van der Waals surface area contributed by atoms with Crippen LogP contribution in [-0.4, -0.2) is 84.3 Å². The molecule has 2 aromatic heterocycles. The summed E-state index contributed by atoms with van der Waals surface area (Å²) in [5.41, 5.74) is 11.2. The number of carbonyl (C=O) groups is 3. The maximum Gasteiger partial charge on any atom is 0.405 e. The van der Waals surface area contributed by atoms with E-state index in [1.165, 1.54) is 0 Å². The number of rotatable bonds is 12. The van der Waals surface area contributed by atoms with Crippen LogP contribution in [0.25, 0.3) is 33.6 Å². The van der Waals surface area contributed by atoms with Crippen LogP contribution in [0.4, 0.5) is 4.79 Å². The topological polar surface area (TPSA) is 154 Å². The fraction of sp³-hybridized carbons (Fsp3) is 0.400. The lowest BCUT2D eigenvalue weighted by atomic mass is 9.99. The molecule has 0 spiro atoms. The highest BCUT2D eigenvalue weighted by molar-refractivity contribution is 5.88. The molecule has 3 aliphatic rings. The number of imidazole rings is 2. The fourth-order valence-electron chi connectivity index (χ4n) is 9.25. The van der Waals surface area contributed by atoms with Crippen molar-refractivity contribution in [3.63, 3.8) is 0 Å². The summed E-state index contributed by atoms with van der Waals surface area (Å²) in [6.07, 6.45) is 8.88. The first-order chi connectivity index (χ1) is 27.8. The number of primary amides is 1. The van der Waals surface area contributed by atoms with Gasteiger partial charge in [-0.25, -0.2) is 14.8 Å². The second-order valence-corrected chi connectivity index (χ2v) is 15.5. The van der Waals surface area contributed by atoms with Gasteiger partial charge in [0.2, 0.25) is 5.91 Å². The number of nitrogens with zero attached hydrogens (tertiary/aromatic N) is 5. The van der Waals surface area contributed by atoms with Crippen LogP contribution < -0.4 is 5.73 Å². The third-order valence-corrected chi connectivity index (χ3v) is 12.2. The van der Waals surface area contributed by atoms with Crippen molar-refractivity contribution in [2.45, 2.75) is 88.9 Å². The van der Waals surface area contributed by atoms with Crippen molar-refractivity contribution in [2.75, 3.05) is 26.2 Å². The SMILES string of the molecule is CCN(CC)[C@@H](C(=O)N1CCC[C@H]1c1ncc(-c2ccc(-c3ccc(-c4cnc([C@@H]5CCCN5C(=O)C5(OC(N)=O)CCCC5)[nH]4)cc3)cc2)[nH]1)c1ccccc1. The van der Waals surface area contributed by atoms with Crippen LogP contribution in [0.1, 0.15) is 101 Å². The molecule has 12 nitrogen and oxygen atoms in total. The molecule has 3 atom stereocenters. The maximum atomic E-state index is 14.2. The smallest absolute Gasteiger partial charge is 0.405 e. The molecular weight excluding hydrogens is 717 g/mol. The van der Waals surface area contributed by atoms with Gasteiger partial charge in [0, 0.05) is 13.1 Å². The van der Waals surface area contributed by atoms with E-state index in [9.17, 15) is 14.4 Å². The number of benzene rings is 3. The lowest BCUT2D eigenvalue weighted by molar-refractivity contribution is -0.152. The number of carbonyl (C=O) groups excluding carboxylic acids is 3. The molecule has 4 N–H and O–H groups in total. The number of ether oxygens (including phenoxy) is 1.